The Hall–Kier alpha value is -1.18. The van der Waals surface area contributed by atoms with Crippen molar-refractivity contribution in [1.82, 2.24) is 0 Å². The first kappa shape index (κ1) is 11.9. The fraction of sp³-hybridized carbons (Fsp3) is 0.818. The quantitative estimate of drug-likeness (QED) is 0.513. The average Bonchev–Trinajstić information content (AvgIpc) is 2.82. The molecule has 7 heteroatoms. The summed E-state index contributed by atoms with van der Waals surface area (Å²) in [6.07, 6.45) is -2.34. The van der Waals surface area contributed by atoms with Gasteiger partial charge in [0, 0.05) is 5.92 Å². The van der Waals surface area contributed by atoms with E-state index >= 15 is 0 Å². The molecule has 3 heterocycles. The van der Waals surface area contributed by atoms with Gasteiger partial charge in [0.15, 0.2) is 6.10 Å². The molecule has 0 aliphatic carbocycles. The Kier molecular flexibility index (Phi) is 2.13. The molecule has 0 amide bonds. The minimum Gasteiger partial charge on any atom is -0.450 e. The minimum atomic E-state index is -2.11. The molecule has 18 heavy (non-hydrogen) atoms. The molecule has 0 radical (unpaired) electrons. The number of ether oxygens (including phenoxy) is 3. The van der Waals surface area contributed by atoms with Crippen molar-refractivity contribution in [2.24, 2.45) is 11.8 Å². The molecule has 3 saturated heterocycles. The first-order chi connectivity index (χ1) is 8.34. The second-order valence-electron chi connectivity index (χ2n) is 5.13. The number of hydrogen-bond acceptors (Lipinski definition) is 7. The first-order valence-corrected chi connectivity index (χ1v) is 5.83. The lowest BCUT2D eigenvalue weighted by molar-refractivity contribution is -0.269. The van der Waals surface area contributed by atoms with Crippen LogP contribution in [0.15, 0.2) is 0 Å². The lowest BCUT2D eigenvalue weighted by atomic mass is 9.77. The van der Waals surface area contributed by atoms with Crippen LogP contribution in [0.5, 0.6) is 0 Å². The first-order valence-electron chi connectivity index (χ1n) is 5.83. The van der Waals surface area contributed by atoms with E-state index in [1.54, 1.807) is 13.8 Å². The number of hydrogen-bond donors (Lipinski definition) is 2. The summed E-state index contributed by atoms with van der Waals surface area (Å²) in [5.74, 6) is -4.71. The van der Waals surface area contributed by atoms with Crippen LogP contribution in [0.2, 0.25) is 0 Å². The van der Waals surface area contributed by atoms with E-state index in [0.29, 0.717) is 0 Å². The van der Waals surface area contributed by atoms with Gasteiger partial charge in [-0.05, 0) is 0 Å². The van der Waals surface area contributed by atoms with Gasteiger partial charge in [0.05, 0.1) is 12.5 Å². The third kappa shape index (κ3) is 1.01. The van der Waals surface area contributed by atoms with Crippen molar-refractivity contribution in [3.8, 4) is 0 Å². The highest BCUT2D eigenvalue weighted by atomic mass is 16.7. The Morgan fingerprint density at radius 3 is 2.56 bits per heavy atom. The summed E-state index contributed by atoms with van der Waals surface area (Å²) in [7, 11) is 0. The van der Waals surface area contributed by atoms with Gasteiger partial charge in [0.2, 0.25) is 0 Å². The topological polar surface area (TPSA) is 102 Å². The van der Waals surface area contributed by atoms with Gasteiger partial charge in [-0.15, -0.1) is 0 Å². The van der Waals surface area contributed by atoms with Gasteiger partial charge in [-0.1, -0.05) is 13.8 Å². The molecule has 6 atom stereocenters. The van der Waals surface area contributed by atoms with Gasteiger partial charge in [0.25, 0.3) is 11.4 Å². The Bertz CT molecular complexity index is 435. The molecule has 0 bridgehead atoms. The van der Waals surface area contributed by atoms with Crippen LogP contribution in [0.1, 0.15) is 13.8 Å². The molecule has 3 fully saturated rings. The van der Waals surface area contributed by atoms with Crippen LogP contribution in [0.25, 0.3) is 0 Å². The van der Waals surface area contributed by atoms with Crippen LogP contribution >= 0.6 is 0 Å². The maximum Gasteiger partial charge on any atom is 0.357 e. The molecule has 0 aromatic carbocycles. The Balaban J connectivity index is 2.11. The lowest BCUT2D eigenvalue weighted by Crippen LogP contribution is -2.61. The average molecular weight is 258 g/mol. The van der Waals surface area contributed by atoms with Crippen LogP contribution in [0, 0.1) is 11.8 Å². The van der Waals surface area contributed by atoms with E-state index in [9.17, 15) is 19.8 Å². The fourth-order valence-corrected chi connectivity index (χ4v) is 3.00. The summed E-state index contributed by atoms with van der Waals surface area (Å²) >= 11 is 0. The van der Waals surface area contributed by atoms with Gasteiger partial charge in [-0.3, -0.25) is 4.79 Å². The van der Waals surface area contributed by atoms with Crippen LogP contribution in [0.4, 0.5) is 0 Å². The molecule has 0 unspecified atom stereocenters. The highest BCUT2D eigenvalue weighted by Gasteiger charge is 2.80. The molecule has 0 saturated carbocycles. The molecule has 0 aromatic heterocycles. The zero-order chi connectivity index (χ0) is 13.3. The number of aliphatic hydroxyl groups excluding tert-OH is 1. The Morgan fingerprint density at radius 1 is 1.33 bits per heavy atom. The largest absolute Gasteiger partial charge is 0.450 e. The highest BCUT2D eigenvalue weighted by molar-refractivity contribution is 5.91. The molecular formula is C11H14O7. The number of fused-ring (bicyclic) bond motifs is 2. The van der Waals surface area contributed by atoms with Gasteiger partial charge >= 0.3 is 11.9 Å². The summed E-state index contributed by atoms with van der Waals surface area (Å²) < 4.78 is 15.2. The summed E-state index contributed by atoms with van der Waals surface area (Å²) in [6.45, 7) is 3.05. The Labute approximate surface area is 103 Å². The summed E-state index contributed by atoms with van der Waals surface area (Å²) in [5.41, 5.74) is -1.87. The maximum absolute atomic E-state index is 12.0. The monoisotopic (exact) mass is 258 g/mol. The van der Waals surface area contributed by atoms with E-state index in [1.807, 2.05) is 0 Å². The second kappa shape index (κ2) is 3.23. The number of rotatable bonds is 0. The highest BCUT2D eigenvalue weighted by Crippen LogP contribution is 2.54. The van der Waals surface area contributed by atoms with Crippen molar-refractivity contribution in [2.75, 3.05) is 6.61 Å². The SMILES string of the molecule is C[C@@H]1C(=O)O[C@@]2(C(=O)O[C@@H]3[C@@H](O)CO[C@@]32O)[C@H]1C. The summed E-state index contributed by atoms with van der Waals surface area (Å²) in [6, 6.07) is 0. The predicted molar refractivity (Wildman–Crippen MR) is 53.9 cm³/mol. The van der Waals surface area contributed by atoms with Crippen molar-refractivity contribution in [2.45, 2.75) is 37.4 Å². The predicted octanol–water partition coefficient (Wildman–Crippen LogP) is -1.44. The molecule has 100 valence electrons. The maximum atomic E-state index is 12.0. The molecule has 3 rings (SSSR count). The standard InChI is InChI=1S/C11H14O7/c1-4-5(2)10(18-8(4)13)9(14)17-7-6(12)3-16-11(7,10)15/h4-7,12,15H,3H2,1-2H3/t4-,5-,6-,7+,10+,11-/m0/s1. The molecular weight excluding hydrogens is 244 g/mol. The van der Waals surface area contributed by atoms with Gasteiger partial charge in [-0.25, -0.2) is 4.79 Å². The second-order valence-corrected chi connectivity index (χ2v) is 5.13. The number of carbonyl (C=O) groups is 2. The fourth-order valence-electron chi connectivity index (χ4n) is 3.00. The minimum absolute atomic E-state index is 0.172. The van der Waals surface area contributed by atoms with Crippen LogP contribution in [-0.4, -0.2) is 52.4 Å². The molecule has 1 spiro atoms. The van der Waals surface area contributed by atoms with Gasteiger partial charge in [0.1, 0.15) is 6.10 Å². The van der Waals surface area contributed by atoms with E-state index < -0.39 is 47.4 Å². The smallest absolute Gasteiger partial charge is 0.357 e. The zero-order valence-corrected chi connectivity index (χ0v) is 9.95. The van der Waals surface area contributed by atoms with E-state index in [4.69, 9.17) is 14.2 Å². The van der Waals surface area contributed by atoms with Crippen molar-refractivity contribution in [3.05, 3.63) is 0 Å². The van der Waals surface area contributed by atoms with E-state index in [2.05, 4.69) is 0 Å². The van der Waals surface area contributed by atoms with Crippen LogP contribution < -0.4 is 0 Å². The van der Waals surface area contributed by atoms with E-state index in [0.717, 1.165) is 0 Å². The van der Waals surface area contributed by atoms with E-state index in [-0.39, 0.29) is 6.61 Å². The van der Waals surface area contributed by atoms with E-state index in [1.165, 1.54) is 0 Å². The van der Waals surface area contributed by atoms with Gasteiger partial charge in [-0.2, -0.15) is 0 Å². The van der Waals surface area contributed by atoms with Crippen molar-refractivity contribution in [3.63, 3.8) is 0 Å². The third-order valence-electron chi connectivity index (χ3n) is 4.30. The Morgan fingerprint density at radius 2 is 2.00 bits per heavy atom. The number of carbonyl (C=O) groups excluding carboxylic acids is 2. The molecule has 3 aliphatic heterocycles. The summed E-state index contributed by atoms with van der Waals surface area (Å²) in [4.78, 5) is 23.7. The molecule has 0 aromatic rings. The van der Waals surface area contributed by atoms with Crippen molar-refractivity contribution in [1.29, 1.82) is 0 Å². The number of esters is 2. The normalized spacial score (nSPS) is 54.7. The van der Waals surface area contributed by atoms with Crippen LogP contribution in [0.3, 0.4) is 0 Å². The zero-order valence-electron chi connectivity index (χ0n) is 9.95. The molecule has 2 N–H and O–H groups in total. The number of aliphatic hydroxyl groups is 2. The van der Waals surface area contributed by atoms with Crippen molar-refractivity contribution >= 4 is 11.9 Å². The van der Waals surface area contributed by atoms with Crippen LogP contribution in [-0.2, 0) is 23.8 Å². The van der Waals surface area contributed by atoms with Crippen molar-refractivity contribution < 1.29 is 34.0 Å². The summed E-state index contributed by atoms with van der Waals surface area (Å²) in [5, 5.41) is 20.2. The molecule has 7 nitrogen and oxygen atoms in total. The molecule has 3 aliphatic rings. The lowest BCUT2D eigenvalue weighted by Gasteiger charge is -2.34. The third-order valence-corrected chi connectivity index (χ3v) is 4.30. The van der Waals surface area contributed by atoms with Gasteiger partial charge < -0.3 is 24.4 Å².